The van der Waals surface area contributed by atoms with E-state index in [2.05, 4.69) is 5.32 Å². The molecule has 2 unspecified atom stereocenters. The van der Waals surface area contributed by atoms with Crippen LogP contribution >= 0.6 is 0 Å². The number of anilines is 1. The average Bonchev–Trinajstić information content (AvgIpc) is 2.39. The summed E-state index contributed by atoms with van der Waals surface area (Å²) in [6.07, 6.45) is 0. The first-order valence-corrected chi connectivity index (χ1v) is 6.01. The number of carbonyl (C=O) groups excluding carboxylic acids is 1. The number of rotatable bonds is 6. The lowest BCUT2D eigenvalue weighted by atomic mass is 10.0. The third-order valence-corrected chi connectivity index (χ3v) is 3.02. The molecule has 0 fully saturated rings. The normalized spacial score (nSPS) is 13.8. The zero-order chi connectivity index (χ0) is 13.5. The number of esters is 1. The van der Waals surface area contributed by atoms with Crippen molar-refractivity contribution in [3.8, 4) is 0 Å². The van der Waals surface area contributed by atoms with Crippen molar-refractivity contribution >= 4 is 11.7 Å². The van der Waals surface area contributed by atoms with Gasteiger partial charge in [-0.2, -0.15) is 0 Å². The molecule has 0 spiro atoms. The first-order chi connectivity index (χ1) is 8.60. The molecule has 0 saturated heterocycles. The summed E-state index contributed by atoms with van der Waals surface area (Å²) in [5, 5.41) is 3.33. The van der Waals surface area contributed by atoms with Crippen molar-refractivity contribution in [2.75, 3.05) is 19.5 Å². The summed E-state index contributed by atoms with van der Waals surface area (Å²) in [6.45, 7) is 4.36. The van der Waals surface area contributed by atoms with Crippen molar-refractivity contribution < 1.29 is 14.3 Å². The molecular weight excluding hydrogens is 230 g/mol. The Morgan fingerprint density at radius 1 is 1.28 bits per heavy atom. The smallest absolute Gasteiger partial charge is 0.310 e. The van der Waals surface area contributed by atoms with Crippen LogP contribution in [0.2, 0.25) is 0 Å². The molecule has 2 atom stereocenters. The molecule has 0 radical (unpaired) electrons. The van der Waals surface area contributed by atoms with E-state index < -0.39 is 0 Å². The molecule has 0 saturated carbocycles. The number of carbonyl (C=O) groups is 1. The van der Waals surface area contributed by atoms with E-state index in [0.717, 1.165) is 11.3 Å². The first-order valence-electron chi connectivity index (χ1n) is 6.01. The van der Waals surface area contributed by atoms with Gasteiger partial charge in [-0.15, -0.1) is 0 Å². The van der Waals surface area contributed by atoms with Gasteiger partial charge in [0.05, 0.1) is 19.6 Å². The summed E-state index contributed by atoms with van der Waals surface area (Å²) in [5.74, 6) is -0.412. The van der Waals surface area contributed by atoms with E-state index in [4.69, 9.17) is 9.47 Å². The SMILES string of the molecule is COCc1ccccc1NC(C)C(C)C(=O)OC. The molecule has 0 bridgehead atoms. The molecule has 0 amide bonds. The van der Waals surface area contributed by atoms with E-state index in [-0.39, 0.29) is 17.9 Å². The Morgan fingerprint density at radius 3 is 2.56 bits per heavy atom. The predicted octanol–water partition coefficient (Wildman–Crippen LogP) is 2.44. The van der Waals surface area contributed by atoms with Crippen LogP contribution in [-0.4, -0.2) is 26.2 Å². The second kappa shape index (κ2) is 7.01. The Bertz CT molecular complexity index is 392. The second-order valence-corrected chi connectivity index (χ2v) is 4.34. The Balaban J connectivity index is 2.74. The van der Waals surface area contributed by atoms with Crippen LogP contribution in [0.5, 0.6) is 0 Å². The summed E-state index contributed by atoms with van der Waals surface area (Å²) in [5.41, 5.74) is 2.06. The number of benzene rings is 1. The van der Waals surface area contributed by atoms with Gasteiger partial charge in [-0.1, -0.05) is 18.2 Å². The highest BCUT2D eigenvalue weighted by Gasteiger charge is 2.21. The molecular formula is C14H21NO3. The molecule has 0 aromatic heterocycles. The lowest BCUT2D eigenvalue weighted by Crippen LogP contribution is -2.31. The Morgan fingerprint density at radius 2 is 1.94 bits per heavy atom. The summed E-state index contributed by atoms with van der Waals surface area (Å²) >= 11 is 0. The maximum atomic E-state index is 11.5. The van der Waals surface area contributed by atoms with Crippen LogP contribution in [0.4, 0.5) is 5.69 Å². The van der Waals surface area contributed by atoms with Crippen LogP contribution in [0.15, 0.2) is 24.3 Å². The second-order valence-electron chi connectivity index (χ2n) is 4.34. The zero-order valence-corrected chi connectivity index (χ0v) is 11.4. The first kappa shape index (κ1) is 14.5. The molecule has 4 heteroatoms. The van der Waals surface area contributed by atoms with Crippen molar-refractivity contribution in [2.24, 2.45) is 5.92 Å². The number of para-hydroxylation sites is 1. The Labute approximate surface area is 108 Å². The van der Waals surface area contributed by atoms with E-state index in [0.29, 0.717) is 6.61 Å². The number of hydrogen-bond acceptors (Lipinski definition) is 4. The predicted molar refractivity (Wildman–Crippen MR) is 71.4 cm³/mol. The summed E-state index contributed by atoms with van der Waals surface area (Å²) in [6, 6.07) is 7.90. The van der Waals surface area contributed by atoms with E-state index in [1.165, 1.54) is 7.11 Å². The van der Waals surface area contributed by atoms with Gasteiger partial charge in [-0.05, 0) is 19.9 Å². The maximum absolute atomic E-state index is 11.5. The van der Waals surface area contributed by atoms with Crippen LogP contribution in [0.1, 0.15) is 19.4 Å². The number of methoxy groups -OCH3 is 2. The van der Waals surface area contributed by atoms with Crippen molar-refractivity contribution in [3.63, 3.8) is 0 Å². The van der Waals surface area contributed by atoms with Gasteiger partial charge in [-0.3, -0.25) is 4.79 Å². The third kappa shape index (κ3) is 3.74. The minimum absolute atomic E-state index is 0.00421. The van der Waals surface area contributed by atoms with Crippen LogP contribution in [0, 0.1) is 5.92 Å². The average molecular weight is 251 g/mol. The van der Waals surface area contributed by atoms with Crippen LogP contribution < -0.4 is 5.32 Å². The van der Waals surface area contributed by atoms with Gasteiger partial charge in [-0.25, -0.2) is 0 Å². The minimum atomic E-state index is -0.209. The number of hydrogen-bond donors (Lipinski definition) is 1. The summed E-state index contributed by atoms with van der Waals surface area (Å²) in [7, 11) is 3.07. The van der Waals surface area contributed by atoms with Crippen LogP contribution in [0.3, 0.4) is 0 Å². The van der Waals surface area contributed by atoms with Gasteiger partial charge >= 0.3 is 5.97 Å². The topological polar surface area (TPSA) is 47.6 Å². The fraction of sp³-hybridized carbons (Fsp3) is 0.500. The molecule has 100 valence electrons. The van der Waals surface area contributed by atoms with Crippen molar-refractivity contribution in [1.82, 2.24) is 0 Å². The highest BCUT2D eigenvalue weighted by Crippen LogP contribution is 2.19. The molecule has 1 aromatic rings. The lowest BCUT2D eigenvalue weighted by Gasteiger charge is -2.22. The summed E-state index contributed by atoms with van der Waals surface area (Å²) < 4.78 is 9.89. The van der Waals surface area contributed by atoms with Gasteiger partial charge in [0.2, 0.25) is 0 Å². The molecule has 0 heterocycles. The largest absolute Gasteiger partial charge is 0.469 e. The van der Waals surface area contributed by atoms with Gasteiger partial charge in [0.1, 0.15) is 0 Å². The van der Waals surface area contributed by atoms with Gasteiger partial charge in [0.15, 0.2) is 0 Å². The molecule has 0 aliphatic rings. The number of ether oxygens (including phenoxy) is 2. The molecule has 0 aliphatic heterocycles. The van der Waals surface area contributed by atoms with Gasteiger partial charge < -0.3 is 14.8 Å². The Kier molecular flexibility index (Phi) is 5.65. The molecule has 1 N–H and O–H groups in total. The van der Waals surface area contributed by atoms with E-state index in [9.17, 15) is 4.79 Å². The van der Waals surface area contributed by atoms with E-state index >= 15 is 0 Å². The molecule has 18 heavy (non-hydrogen) atoms. The Hall–Kier alpha value is -1.55. The highest BCUT2D eigenvalue weighted by atomic mass is 16.5. The summed E-state index contributed by atoms with van der Waals surface area (Å²) in [4.78, 5) is 11.5. The molecule has 4 nitrogen and oxygen atoms in total. The maximum Gasteiger partial charge on any atom is 0.310 e. The molecule has 1 rings (SSSR count). The van der Waals surface area contributed by atoms with Crippen molar-refractivity contribution in [2.45, 2.75) is 26.5 Å². The fourth-order valence-electron chi connectivity index (χ4n) is 1.70. The van der Waals surface area contributed by atoms with Crippen LogP contribution in [0.25, 0.3) is 0 Å². The lowest BCUT2D eigenvalue weighted by molar-refractivity contribution is -0.145. The van der Waals surface area contributed by atoms with E-state index in [1.54, 1.807) is 7.11 Å². The van der Waals surface area contributed by atoms with Crippen molar-refractivity contribution in [3.05, 3.63) is 29.8 Å². The standard InChI is InChI=1S/C14H21NO3/c1-10(14(16)18-4)11(2)15-13-8-6-5-7-12(13)9-17-3/h5-8,10-11,15H,9H2,1-4H3. The van der Waals surface area contributed by atoms with Crippen LogP contribution in [-0.2, 0) is 20.9 Å². The minimum Gasteiger partial charge on any atom is -0.469 e. The molecule has 1 aromatic carbocycles. The quantitative estimate of drug-likeness (QED) is 0.789. The molecule has 0 aliphatic carbocycles. The number of nitrogens with one attached hydrogen (secondary N) is 1. The van der Waals surface area contributed by atoms with Gasteiger partial charge in [0, 0.05) is 24.4 Å². The van der Waals surface area contributed by atoms with E-state index in [1.807, 2.05) is 38.1 Å². The van der Waals surface area contributed by atoms with Gasteiger partial charge in [0.25, 0.3) is 0 Å². The zero-order valence-electron chi connectivity index (χ0n) is 11.4. The monoisotopic (exact) mass is 251 g/mol. The third-order valence-electron chi connectivity index (χ3n) is 3.02. The highest BCUT2D eigenvalue weighted by molar-refractivity contribution is 5.73. The fourth-order valence-corrected chi connectivity index (χ4v) is 1.70. The van der Waals surface area contributed by atoms with Crippen molar-refractivity contribution in [1.29, 1.82) is 0 Å².